The normalized spacial score (nSPS) is 13.2. The molecule has 0 aromatic heterocycles. The highest BCUT2D eigenvalue weighted by Crippen LogP contribution is 2.36. The molecule has 0 spiro atoms. The van der Waals surface area contributed by atoms with E-state index in [1.165, 1.54) is 12.1 Å². The van der Waals surface area contributed by atoms with Gasteiger partial charge in [-0.05, 0) is 36.6 Å². The molecule has 0 aliphatic heterocycles. The summed E-state index contributed by atoms with van der Waals surface area (Å²) in [6.07, 6.45) is -2.03. The van der Waals surface area contributed by atoms with Gasteiger partial charge in [-0.3, -0.25) is 4.79 Å². The van der Waals surface area contributed by atoms with Crippen LogP contribution in [0.15, 0.2) is 61.7 Å². The summed E-state index contributed by atoms with van der Waals surface area (Å²) in [4.78, 5) is 16.7. The van der Waals surface area contributed by atoms with Gasteiger partial charge in [-0.1, -0.05) is 50.6 Å². The zero-order chi connectivity index (χ0) is 24.4. The molecule has 0 saturated heterocycles. The van der Waals surface area contributed by atoms with E-state index in [1.807, 2.05) is 62.1 Å². The molecule has 0 heterocycles. The van der Waals surface area contributed by atoms with Crippen LogP contribution in [-0.2, 0) is 4.79 Å². The molecular formula is C26H33F2N3O. The zero-order valence-electron chi connectivity index (χ0n) is 19.6. The maximum absolute atomic E-state index is 13.6. The van der Waals surface area contributed by atoms with Crippen molar-refractivity contribution < 1.29 is 13.6 Å². The molecule has 2 aromatic rings. The Labute approximate surface area is 190 Å². The van der Waals surface area contributed by atoms with Crippen molar-refractivity contribution in [1.29, 1.82) is 5.26 Å². The van der Waals surface area contributed by atoms with Crippen molar-refractivity contribution in [3.8, 4) is 6.07 Å². The smallest absolute Gasteiger partial charge is 0.265 e. The lowest BCUT2D eigenvalue weighted by atomic mass is 9.92. The first kappa shape index (κ1) is 26.8. The predicted molar refractivity (Wildman–Crippen MR) is 127 cm³/mol. The number of anilines is 1. The molecular weight excluding hydrogens is 408 g/mol. The number of benzene rings is 2. The van der Waals surface area contributed by atoms with Gasteiger partial charge in [-0.15, -0.1) is 13.2 Å². The van der Waals surface area contributed by atoms with Gasteiger partial charge in [-0.25, -0.2) is 8.78 Å². The Morgan fingerprint density at radius 3 is 2.16 bits per heavy atom. The second-order valence-electron chi connectivity index (χ2n) is 7.74. The quantitative estimate of drug-likeness (QED) is 0.447. The number of rotatable bonds is 8. The second-order valence-corrected chi connectivity index (χ2v) is 7.74. The molecule has 2 rings (SSSR count). The first-order valence-corrected chi connectivity index (χ1v) is 10.6. The summed E-state index contributed by atoms with van der Waals surface area (Å²) in [7, 11) is 3.40. The van der Waals surface area contributed by atoms with Crippen LogP contribution in [0.5, 0.6) is 0 Å². The molecule has 1 unspecified atom stereocenters. The van der Waals surface area contributed by atoms with Crippen LogP contribution in [0.1, 0.15) is 56.3 Å². The third-order valence-corrected chi connectivity index (χ3v) is 5.56. The maximum atomic E-state index is 13.6. The lowest BCUT2D eigenvalue weighted by Gasteiger charge is -2.42. The summed E-state index contributed by atoms with van der Waals surface area (Å²) < 4.78 is 27.3. The van der Waals surface area contributed by atoms with Crippen LogP contribution in [-0.4, -0.2) is 30.9 Å². The molecule has 3 atom stereocenters. The van der Waals surface area contributed by atoms with E-state index in [9.17, 15) is 18.8 Å². The minimum Gasteiger partial charge on any atom is -0.352 e. The Hall–Kier alpha value is -3.20. The molecule has 0 radical (unpaired) electrons. The number of carbonyl (C=O) groups excluding carboxylic acids is 1. The monoisotopic (exact) mass is 441 g/mol. The Bertz CT molecular complexity index is 909. The lowest BCUT2D eigenvalue weighted by molar-refractivity contribution is -0.131. The van der Waals surface area contributed by atoms with E-state index < -0.39 is 12.5 Å². The predicted octanol–water partition coefficient (Wildman–Crippen LogP) is 6.37. The van der Waals surface area contributed by atoms with Crippen LogP contribution in [0.25, 0.3) is 0 Å². The summed E-state index contributed by atoms with van der Waals surface area (Å²) in [6, 6.07) is 15.1. The number of likely N-dealkylation sites (N-methyl/N-ethyl adjacent to an activating group) is 1. The van der Waals surface area contributed by atoms with Crippen LogP contribution < -0.4 is 4.90 Å². The summed E-state index contributed by atoms with van der Waals surface area (Å²) in [5.74, 6) is -0.105. The average molecular weight is 442 g/mol. The van der Waals surface area contributed by atoms with Gasteiger partial charge in [0.15, 0.2) is 0 Å². The fourth-order valence-corrected chi connectivity index (χ4v) is 3.63. The molecule has 0 N–H and O–H groups in total. The van der Waals surface area contributed by atoms with Crippen LogP contribution in [0.4, 0.5) is 14.5 Å². The number of amides is 1. The van der Waals surface area contributed by atoms with Crippen LogP contribution in [0.3, 0.4) is 0 Å². The molecule has 0 aliphatic carbocycles. The highest BCUT2D eigenvalue weighted by atomic mass is 19.3. The number of halogens is 2. The van der Waals surface area contributed by atoms with Gasteiger partial charge in [0.05, 0.1) is 17.7 Å². The van der Waals surface area contributed by atoms with E-state index in [1.54, 1.807) is 25.1 Å². The van der Waals surface area contributed by atoms with Crippen molar-refractivity contribution in [2.75, 3.05) is 19.0 Å². The van der Waals surface area contributed by atoms with Crippen molar-refractivity contribution >= 4 is 11.6 Å². The number of nitriles is 1. The highest BCUT2D eigenvalue weighted by molar-refractivity contribution is 5.85. The first-order valence-electron chi connectivity index (χ1n) is 10.6. The molecule has 32 heavy (non-hydrogen) atoms. The van der Waals surface area contributed by atoms with Gasteiger partial charge < -0.3 is 9.80 Å². The van der Waals surface area contributed by atoms with Gasteiger partial charge in [0, 0.05) is 25.3 Å². The third kappa shape index (κ3) is 6.16. The van der Waals surface area contributed by atoms with Crippen LogP contribution >= 0.6 is 0 Å². The summed E-state index contributed by atoms with van der Waals surface area (Å²) in [6.45, 7) is 12.0. The van der Waals surface area contributed by atoms with E-state index in [-0.39, 0.29) is 29.0 Å². The van der Waals surface area contributed by atoms with Gasteiger partial charge >= 0.3 is 0 Å². The number of alkyl halides is 2. The average Bonchev–Trinajstić information content (AvgIpc) is 2.82. The van der Waals surface area contributed by atoms with E-state index >= 15 is 0 Å². The first-order chi connectivity index (χ1) is 15.2. The molecule has 0 bridgehead atoms. The van der Waals surface area contributed by atoms with Gasteiger partial charge in [0.25, 0.3) is 6.43 Å². The van der Waals surface area contributed by atoms with E-state index in [0.29, 0.717) is 5.69 Å². The summed E-state index contributed by atoms with van der Waals surface area (Å²) in [5, 5.41) is 9.22. The van der Waals surface area contributed by atoms with Crippen molar-refractivity contribution in [2.45, 2.75) is 45.7 Å². The van der Waals surface area contributed by atoms with Gasteiger partial charge in [0.1, 0.15) is 6.04 Å². The van der Waals surface area contributed by atoms with E-state index in [0.717, 1.165) is 12.0 Å². The molecule has 2 aromatic carbocycles. The number of hydrogen-bond donors (Lipinski definition) is 0. The van der Waals surface area contributed by atoms with E-state index in [4.69, 9.17) is 0 Å². The standard InChI is InChI=1S/C24H29F2N3O.C2H4/c1-6-16(2)22(24(30)28(4)5)29(17(3)18-10-8-7-9-11-18)20-13-12-19(15-27)21(14-20)23(25)26;1-2/h7-14,16-17,22-23H,6H2,1-5H3;1-2H2/t16-,17?,22-;/m0./s1. The summed E-state index contributed by atoms with van der Waals surface area (Å²) in [5.41, 5.74) is 1.10. The Morgan fingerprint density at radius 1 is 1.09 bits per heavy atom. The highest BCUT2D eigenvalue weighted by Gasteiger charge is 2.35. The lowest BCUT2D eigenvalue weighted by Crippen LogP contribution is -2.51. The van der Waals surface area contributed by atoms with Gasteiger partial charge in [0.2, 0.25) is 5.91 Å². The molecule has 172 valence electrons. The fourth-order valence-electron chi connectivity index (χ4n) is 3.63. The van der Waals surface area contributed by atoms with E-state index in [2.05, 4.69) is 13.2 Å². The van der Waals surface area contributed by atoms with Crippen molar-refractivity contribution in [3.05, 3.63) is 78.4 Å². The van der Waals surface area contributed by atoms with Crippen molar-refractivity contribution in [3.63, 3.8) is 0 Å². The fraction of sp³-hybridized carbons (Fsp3) is 0.385. The van der Waals surface area contributed by atoms with Crippen LogP contribution in [0.2, 0.25) is 0 Å². The third-order valence-electron chi connectivity index (χ3n) is 5.56. The van der Waals surface area contributed by atoms with Crippen molar-refractivity contribution in [2.24, 2.45) is 5.92 Å². The molecule has 6 heteroatoms. The molecule has 0 fully saturated rings. The molecule has 4 nitrogen and oxygen atoms in total. The number of nitrogens with zero attached hydrogens (tertiary/aromatic N) is 3. The Balaban J connectivity index is 0.00000249. The van der Waals surface area contributed by atoms with Gasteiger partial charge in [-0.2, -0.15) is 5.26 Å². The minimum absolute atomic E-state index is 0.0169. The Kier molecular flexibility index (Phi) is 10.6. The number of carbonyl (C=O) groups is 1. The zero-order valence-corrected chi connectivity index (χ0v) is 19.6. The largest absolute Gasteiger partial charge is 0.352 e. The van der Waals surface area contributed by atoms with Crippen molar-refractivity contribution in [1.82, 2.24) is 4.90 Å². The van der Waals surface area contributed by atoms with Crippen LogP contribution in [0, 0.1) is 17.2 Å². The SMILES string of the molecule is C=C.CC[C@H](C)[C@@H](C(=O)N(C)C)N(c1ccc(C#N)c(C(F)F)c1)C(C)c1ccccc1. The summed E-state index contributed by atoms with van der Waals surface area (Å²) >= 11 is 0. The molecule has 0 saturated carbocycles. The molecule has 1 amide bonds. The molecule has 0 aliphatic rings. The number of hydrogen-bond acceptors (Lipinski definition) is 3. The minimum atomic E-state index is -2.78. The topological polar surface area (TPSA) is 47.3 Å². The second kappa shape index (κ2) is 12.6. The maximum Gasteiger partial charge on any atom is 0.265 e. The Morgan fingerprint density at radius 2 is 1.69 bits per heavy atom.